The van der Waals surface area contributed by atoms with Gasteiger partial charge in [0.2, 0.25) is 5.91 Å². The molecule has 5 heteroatoms. The van der Waals surface area contributed by atoms with E-state index in [2.05, 4.69) is 17.2 Å². The van der Waals surface area contributed by atoms with E-state index in [0.29, 0.717) is 17.7 Å². The Balaban J connectivity index is 2.87. The molecule has 1 aromatic rings. The lowest BCUT2D eigenvalue weighted by molar-refractivity contribution is -0.131. The van der Waals surface area contributed by atoms with Gasteiger partial charge in [0.25, 0.3) is 5.91 Å². The molecule has 0 heterocycles. The second kappa shape index (κ2) is 8.08. The summed E-state index contributed by atoms with van der Waals surface area (Å²) in [6.07, 6.45) is 0. The van der Waals surface area contributed by atoms with Gasteiger partial charge in [0.05, 0.1) is 12.1 Å². The van der Waals surface area contributed by atoms with E-state index >= 15 is 0 Å². The van der Waals surface area contributed by atoms with Crippen LogP contribution in [0, 0.1) is 11.8 Å². The number of hydrogen-bond acceptors (Lipinski definition) is 3. The van der Waals surface area contributed by atoms with Gasteiger partial charge in [-0.3, -0.25) is 9.59 Å². The minimum Gasteiger partial charge on any atom is -0.344 e. The highest BCUT2D eigenvalue weighted by molar-refractivity contribution is 5.99. The molecule has 0 fully saturated rings. The van der Waals surface area contributed by atoms with Gasteiger partial charge in [-0.1, -0.05) is 24.0 Å². The monoisotopic (exact) mass is 287 g/mol. The van der Waals surface area contributed by atoms with Crippen LogP contribution in [0.2, 0.25) is 0 Å². The van der Waals surface area contributed by atoms with Crippen molar-refractivity contribution in [2.75, 3.05) is 20.1 Å². The van der Waals surface area contributed by atoms with Crippen LogP contribution >= 0.6 is 0 Å². The maximum Gasteiger partial charge on any atom is 0.253 e. The third-order valence-electron chi connectivity index (χ3n) is 3.07. The molecule has 0 aliphatic rings. The number of carbonyl (C=O) groups excluding carboxylic acids is 2. The molecule has 0 aliphatic heterocycles. The summed E-state index contributed by atoms with van der Waals surface area (Å²) >= 11 is 0. The van der Waals surface area contributed by atoms with Crippen molar-refractivity contribution < 1.29 is 9.59 Å². The van der Waals surface area contributed by atoms with Gasteiger partial charge in [-0.05, 0) is 26.0 Å². The maximum atomic E-state index is 12.3. The van der Waals surface area contributed by atoms with Crippen LogP contribution in [0.5, 0.6) is 0 Å². The molecule has 0 saturated carbocycles. The van der Waals surface area contributed by atoms with Gasteiger partial charge in [-0.25, -0.2) is 0 Å². The van der Waals surface area contributed by atoms with Gasteiger partial charge < -0.3 is 16.0 Å². The van der Waals surface area contributed by atoms with Crippen LogP contribution in [0.15, 0.2) is 24.3 Å². The van der Waals surface area contributed by atoms with E-state index in [4.69, 9.17) is 5.73 Å². The lowest BCUT2D eigenvalue weighted by Gasteiger charge is -2.20. The van der Waals surface area contributed by atoms with E-state index in [1.165, 1.54) is 0 Å². The topological polar surface area (TPSA) is 75.4 Å². The standard InChI is InChI=1S/C16H21N3O2/c1-4-19(3)16(21)12(2)18-15(20)14-10-6-5-8-13(14)9-7-11-17/h5-6,8,10,12H,4,11,17H2,1-3H3,(H,18,20). The Morgan fingerprint density at radius 1 is 1.38 bits per heavy atom. The van der Waals surface area contributed by atoms with Crippen LogP contribution in [0.25, 0.3) is 0 Å². The van der Waals surface area contributed by atoms with Crippen molar-refractivity contribution in [3.63, 3.8) is 0 Å². The molecule has 112 valence electrons. The first-order chi connectivity index (χ1) is 10.0. The van der Waals surface area contributed by atoms with Gasteiger partial charge in [0.15, 0.2) is 0 Å². The molecule has 0 aromatic heterocycles. The van der Waals surface area contributed by atoms with Gasteiger partial charge in [0.1, 0.15) is 6.04 Å². The largest absolute Gasteiger partial charge is 0.344 e. The van der Waals surface area contributed by atoms with Crippen molar-refractivity contribution in [3.8, 4) is 11.8 Å². The first-order valence-corrected chi connectivity index (χ1v) is 6.85. The Kier molecular flexibility index (Phi) is 6.44. The van der Waals surface area contributed by atoms with Crippen LogP contribution in [0.4, 0.5) is 0 Å². The van der Waals surface area contributed by atoms with Crippen molar-refractivity contribution in [2.45, 2.75) is 19.9 Å². The number of nitrogens with one attached hydrogen (secondary N) is 1. The summed E-state index contributed by atoms with van der Waals surface area (Å²) in [5.74, 6) is 5.14. The molecule has 2 amide bonds. The lowest BCUT2D eigenvalue weighted by atomic mass is 10.1. The molecule has 0 saturated heterocycles. The maximum absolute atomic E-state index is 12.3. The predicted octanol–water partition coefficient (Wildman–Crippen LogP) is 0.593. The minimum absolute atomic E-state index is 0.128. The smallest absolute Gasteiger partial charge is 0.253 e. The molecule has 3 N–H and O–H groups in total. The molecule has 5 nitrogen and oxygen atoms in total. The second-order valence-electron chi connectivity index (χ2n) is 4.60. The van der Waals surface area contributed by atoms with E-state index in [9.17, 15) is 9.59 Å². The van der Waals surface area contributed by atoms with E-state index in [0.717, 1.165) is 0 Å². The summed E-state index contributed by atoms with van der Waals surface area (Å²) in [6.45, 7) is 4.37. The van der Waals surface area contributed by atoms with Crippen molar-refractivity contribution in [1.82, 2.24) is 10.2 Å². The Hall–Kier alpha value is -2.32. The number of likely N-dealkylation sites (N-methyl/N-ethyl adjacent to an activating group) is 1. The Bertz CT molecular complexity index is 572. The molecule has 1 aromatic carbocycles. The van der Waals surface area contributed by atoms with Crippen LogP contribution < -0.4 is 11.1 Å². The number of hydrogen-bond donors (Lipinski definition) is 2. The lowest BCUT2D eigenvalue weighted by Crippen LogP contribution is -2.45. The Morgan fingerprint density at radius 2 is 2.05 bits per heavy atom. The minimum atomic E-state index is -0.585. The second-order valence-corrected chi connectivity index (χ2v) is 4.60. The van der Waals surface area contributed by atoms with Crippen molar-refractivity contribution in [2.24, 2.45) is 5.73 Å². The number of nitrogens with zero attached hydrogens (tertiary/aromatic N) is 1. The summed E-state index contributed by atoms with van der Waals surface area (Å²) in [4.78, 5) is 25.8. The normalized spacial score (nSPS) is 11.0. The zero-order valence-corrected chi connectivity index (χ0v) is 12.6. The highest BCUT2D eigenvalue weighted by Gasteiger charge is 2.20. The molecule has 0 radical (unpaired) electrons. The summed E-state index contributed by atoms with van der Waals surface area (Å²) in [5, 5.41) is 2.70. The van der Waals surface area contributed by atoms with Gasteiger partial charge >= 0.3 is 0 Å². The number of benzene rings is 1. The fourth-order valence-electron chi connectivity index (χ4n) is 1.76. The van der Waals surface area contributed by atoms with Gasteiger partial charge in [0, 0.05) is 19.2 Å². The number of carbonyl (C=O) groups is 2. The predicted molar refractivity (Wildman–Crippen MR) is 82.6 cm³/mol. The summed E-state index contributed by atoms with van der Waals surface area (Å²) in [5.41, 5.74) is 6.39. The summed E-state index contributed by atoms with van der Waals surface area (Å²) in [6, 6.07) is 6.40. The summed E-state index contributed by atoms with van der Waals surface area (Å²) in [7, 11) is 1.70. The number of rotatable bonds is 4. The fourth-order valence-corrected chi connectivity index (χ4v) is 1.76. The zero-order valence-electron chi connectivity index (χ0n) is 12.6. The Morgan fingerprint density at radius 3 is 2.67 bits per heavy atom. The average molecular weight is 287 g/mol. The van der Waals surface area contributed by atoms with Gasteiger partial charge in [-0.2, -0.15) is 0 Å². The number of nitrogens with two attached hydrogens (primary N) is 1. The molecule has 0 aliphatic carbocycles. The van der Waals surface area contributed by atoms with Gasteiger partial charge in [-0.15, -0.1) is 0 Å². The highest BCUT2D eigenvalue weighted by Crippen LogP contribution is 2.08. The van der Waals surface area contributed by atoms with Crippen molar-refractivity contribution >= 4 is 11.8 Å². The van der Waals surface area contributed by atoms with Crippen molar-refractivity contribution in [3.05, 3.63) is 35.4 Å². The first-order valence-electron chi connectivity index (χ1n) is 6.85. The fraction of sp³-hybridized carbons (Fsp3) is 0.375. The first kappa shape index (κ1) is 16.7. The van der Waals surface area contributed by atoms with E-state index in [-0.39, 0.29) is 18.4 Å². The third-order valence-corrected chi connectivity index (χ3v) is 3.07. The molecule has 21 heavy (non-hydrogen) atoms. The van der Waals surface area contributed by atoms with Crippen LogP contribution in [-0.4, -0.2) is 42.9 Å². The van der Waals surface area contributed by atoms with E-state index < -0.39 is 6.04 Å². The molecular formula is C16H21N3O2. The summed E-state index contributed by atoms with van der Waals surface area (Å²) < 4.78 is 0. The van der Waals surface area contributed by atoms with Crippen LogP contribution in [-0.2, 0) is 4.79 Å². The quantitative estimate of drug-likeness (QED) is 0.796. The molecule has 1 atom stereocenters. The molecule has 1 unspecified atom stereocenters. The molecule has 0 spiro atoms. The number of amides is 2. The van der Waals surface area contributed by atoms with Crippen molar-refractivity contribution in [1.29, 1.82) is 0 Å². The third kappa shape index (κ3) is 4.62. The molecule has 1 rings (SSSR count). The zero-order chi connectivity index (χ0) is 15.8. The van der Waals surface area contributed by atoms with Crippen LogP contribution in [0.3, 0.4) is 0 Å². The molecule has 0 bridgehead atoms. The Labute approximate surface area is 125 Å². The molecular weight excluding hydrogens is 266 g/mol. The average Bonchev–Trinajstić information content (AvgIpc) is 2.51. The van der Waals surface area contributed by atoms with E-state index in [1.807, 2.05) is 6.92 Å². The van der Waals surface area contributed by atoms with E-state index in [1.54, 1.807) is 43.1 Å². The van der Waals surface area contributed by atoms with Crippen LogP contribution in [0.1, 0.15) is 29.8 Å². The highest BCUT2D eigenvalue weighted by atomic mass is 16.2. The SMILES string of the molecule is CCN(C)C(=O)C(C)NC(=O)c1ccccc1C#CCN.